The molecule has 0 amide bonds. The molecule has 0 aliphatic heterocycles. The molecule has 1 nitrogen and oxygen atoms in total. The van der Waals surface area contributed by atoms with E-state index in [2.05, 4.69) is 31.8 Å². The van der Waals surface area contributed by atoms with Crippen LogP contribution in [0.2, 0.25) is 0 Å². The number of hydrogen-bond donors (Lipinski definition) is 1. The van der Waals surface area contributed by atoms with E-state index in [0.717, 1.165) is 29.5 Å². The number of rotatable bonds is 6. The first-order valence-corrected chi connectivity index (χ1v) is 7.54. The molecule has 0 saturated carbocycles. The third-order valence-electron chi connectivity index (χ3n) is 3.29. The summed E-state index contributed by atoms with van der Waals surface area (Å²) >= 11 is 1.67. The molecule has 1 aromatic heterocycles. The summed E-state index contributed by atoms with van der Waals surface area (Å²) in [5.74, 6) is -0.168. The second-order valence-electron chi connectivity index (χ2n) is 4.75. The predicted molar refractivity (Wildman–Crippen MR) is 82.2 cm³/mol. The van der Waals surface area contributed by atoms with Crippen LogP contribution in [0.4, 0.5) is 4.39 Å². The smallest absolute Gasteiger partial charge is 0.124 e. The lowest BCUT2D eigenvalue weighted by atomic mass is 10.0. The van der Waals surface area contributed by atoms with Gasteiger partial charge in [-0.15, -0.1) is 11.3 Å². The van der Waals surface area contributed by atoms with Crippen LogP contribution in [0, 0.1) is 5.82 Å². The molecule has 0 aliphatic rings. The van der Waals surface area contributed by atoms with Gasteiger partial charge in [0.25, 0.3) is 0 Å². The van der Waals surface area contributed by atoms with Crippen LogP contribution in [0.1, 0.15) is 37.6 Å². The topological polar surface area (TPSA) is 12.0 Å². The average Bonchev–Trinajstić information content (AvgIpc) is 2.80. The second-order valence-corrected chi connectivity index (χ2v) is 5.86. The summed E-state index contributed by atoms with van der Waals surface area (Å²) in [5, 5.41) is 4.61. The Morgan fingerprint density at radius 1 is 1.37 bits per heavy atom. The molecule has 1 N–H and O–H groups in total. The Morgan fingerprint density at radius 3 is 2.84 bits per heavy atom. The lowest BCUT2D eigenvalue weighted by molar-refractivity contribution is 0.551. The monoisotopic (exact) mass is 277 g/mol. The number of halogens is 1. The first-order chi connectivity index (χ1) is 9.13. The highest BCUT2D eigenvalue weighted by Gasteiger charge is 2.14. The van der Waals surface area contributed by atoms with Gasteiger partial charge in [-0.05, 0) is 43.0 Å². The molecule has 0 aliphatic carbocycles. The van der Waals surface area contributed by atoms with Gasteiger partial charge in [0.1, 0.15) is 5.82 Å². The molecule has 0 fully saturated rings. The summed E-state index contributed by atoms with van der Waals surface area (Å²) in [6.45, 7) is 9.25. The number of nitrogens with one attached hydrogen (secondary N) is 1. The van der Waals surface area contributed by atoms with Gasteiger partial charge in [-0.25, -0.2) is 4.39 Å². The minimum Gasteiger partial charge on any atom is -0.309 e. The lowest BCUT2D eigenvalue weighted by Crippen LogP contribution is -2.20. The summed E-state index contributed by atoms with van der Waals surface area (Å²) in [5.41, 5.74) is 1.24. The van der Waals surface area contributed by atoms with Crippen LogP contribution in [-0.2, 0) is 0 Å². The first kappa shape index (κ1) is 14.2. The molecule has 102 valence electrons. The van der Waals surface area contributed by atoms with Crippen LogP contribution >= 0.6 is 11.3 Å². The maximum atomic E-state index is 13.2. The van der Waals surface area contributed by atoms with Gasteiger partial charge in [0.05, 0.1) is 0 Å². The third kappa shape index (κ3) is 3.43. The predicted octanol–water partition coefficient (Wildman–Crippen LogP) is 5.05. The van der Waals surface area contributed by atoms with E-state index in [1.807, 2.05) is 6.07 Å². The van der Waals surface area contributed by atoms with Gasteiger partial charge in [0, 0.05) is 15.6 Å². The third-order valence-corrected chi connectivity index (χ3v) is 4.50. The van der Waals surface area contributed by atoms with Gasteiger partial charge in [-0.1, -0.05) is 32.1 Å². The summed E-state index contributed by atoms with van der Waals surface area (Å²) in [6, 6.07) is 7.43. The fraction of sp³-hybridized carbons (Fsp3) is 0.375. The molecule has 1 atom stereocenters. The van der Waals surface area contributed by atoms with Gasteiger partial charge in [0.15, 0.2) is 0 Å². The largest absolute Gasteiger partial charge is 0.309 e. The van der Waals surface area contributed by atoms with E-state index in [9.17, 15) is 4.39 Å². The van der Waals surface area contributed by atoms with Crippen molar-refractivity contribution >= 4 is 21.4 Å². The number of thiophene rings is 1. The molecule has 2 aromatic rings. The van der Waals surface area contributed by atoms with E-state index in [4.69, 9.17) is 0 Å². The van der Waals surface area contributed by atoms with Crippen molar-refractivity contribution in [2.45, 2.75) is 32.7 Å². The quantitative estimate of drug-likeness (QED) is 0.729. The summed E-state index contributed by atoms with van der Waals surface area (Å²) in [7, 11) is 0. The van der Waals surface area contributed by atoms with Gasteiger partial charge in [-0.2, -0.15) is 0 Å². The fourth-order valence-electron chi connectivity index (χ4n) is 2.15. The molecule has 0 saturated heterocycles. The standard InChI is InChI=1S/C16H20FNS/c1-4-11(3)8-14(18-5-2)16-9-12-6-7-13(17)10-15(12)19-16/h6-7,9-10,14,18H,3-5,8H2,1-2H3. The van der Waals surface area contributed by atoms with Crippen molar-refractivity contribution in [2.24, 2.45) is 0 Å². The maximum Gasteiger partial charge on any atom is 0.124 e. The molecule has 1 aromatic carbocycles. The Kier molecular flexibility index (Phi) is 4.72. The molecule has 1 heterocycles. The highest BCUT2D eigenvalue weighted by molar-refractivity contribution is 7.19. The van der Waals surface area contributed by atoms with Crippen LogP contribution in [0.25, 0.3) is 10.1 Å². The molecule has 2 rings (SSSR count). The Balaban J connectivity index is 2.30. The summed E-state index contributed by atoms with van der Waals surface area (Å²) < 4.78 is 14.3. The van der Waals surface area contributed by atoms with Crippen molar-refractivity contribution in [2.75, 3.05) is 6.54 Å². The van der Waals surface area contributed by atoms with Crippen LogP contribution in [0.15, 0.2) is 36.4 Å². The van der Waals surface area contributed by atoms with Gasteiger partial charge >= 0.3 is 0 Å². The van der Waals surface area contributed by atoms with Crippen molar-refractivity contribution in [1.82, 2.24) is 5.32 Å². The second kappa shape index (κ2) is 6.31. The van der Waals surface area contributed by atoms with Crippen molar-refractivity contribution in [1.29, 1.82) is 0 Å². The summed E-state index contributed by atoms with van der Waals surface area (Å²) in [4.78, 5) is 1.26. The molecule has 3 heteroatoms. The van der Waals surface area contributed by atoms with E-state index < -0.39 is 0 Å². The van der Waals surface area contributed by atoms with E-state index >= 15 is 0 Å². The van der Waals surface area contributed by atoms with Gasteiger partial charge in [-0.3, -0.25) is 0 Å². The molecule has 1 unspecified atom stereocenters. The highest BCUT2D eigenvalue weighted by atomic mass is 32.1. The van der Waals surface area contributed by atoms with Crippen LogP contribution < -0.4 is 5.32 Å². The molecule has 19 heavy (non-hydrogen) atoms. The molecule has 0 radical (unpaired) electrons. The lowest BCUT2D eigenvalue weighted by Gasteiger charge is -2.17. The van der Waals surface area contributed by atoms with Crippen LogP contribution in [0.5, 0.6) is 0 Å². The normalized spacial score (nSPS) is 12.8. The van der Waals surface area contributed by atoms with E-state index in [0.29, 0.717) is 0 Å². The zero-order valence-corrected chi connectivity index (χ0v) is 12.3. The van der Waals surface area contributed by atoms with Crippen LogP contribution in [0.3, 0.4) is 0 Å². The number of benzene rings is 1. The van der Waals surface area contributed by atoms with E-state index in [-0.39, 0.29) is 11.9 Å². The summed E-state index contributed by atoms with van der Waals surface area (Å²) in [6.07, 6.45) is 1.95. The number of fused-ring (bicyclic) bond motifs is 1. The molecular formula is C16H20FNS. The van der Waals surface area contributed by atoms with Gasteiger partial charge < -0.3 is 5.32 Å². The average molecular weight is 277 g/mol. The Bertz CT molecular complexity index is 573. The Morgan fingerprint density at radius 2 is 2.16 bits per heavy atom. The zero-order chi connectivity index (χ0) is 13.8. The highest BCUT2D eigenvalue weighted by Crippen LogP contribution is 2.33. The van der Waals surface area contributed by atoms with Crippen LogP contribution in [-0.4, -0.2) is 6.54 Å². The fourth-order valence-corrected chi connectivity index (χ4v) is 3.32. The minimum absolute atomic E-state index is 0.168. The molecule has 0 spiro atoms. The minimum atomic E-state index is -0.168. The van der Waals surface area contributed by atoms with E-state index in [1.54, 1.807) is 17.4 Å². The van der Waals surface area contributed by atoms with Crippen molar-refractivity contribution in [3.63, 3.8) is 0 Å². The van der Waals surface area contributed by atoms with Gasteiger partial charge in [0.2, 0.25) is 0 Å². The Hall–Kier alpha value is -1.19. The van der Waals surface area contributed by atoms with Crippen molar-refractivity contribution < 1.29 is 4.39 Å². The zero-order valence-electron chi connectivity index (χ0n) is 11.5. The SMILES string of the molecule is C=C(CC)CC(NCC)c1cc2ccc(F)cc2s1. The number of hydrogen-bond acceptors (Lipinski definition) is 2. The molecule has 0 bridgehead atoms. The Labute approximate surface area is 118 Å². The van der Waals surface area contributed by atoms with E-state index in [1.165, 1.54) is 16.5 Å². The molecular weight excluding hydrogens is 257 g/mol. The van der Waals surface area contributed by atoms with Crippen molar-refractivity contribution in [3.8, 4) is 0 Å². The van der Waals surface area contributed by atoms with Crippen molar-refractivity contribution in [3.05, 3.63) is 47.1 Å². The maximum absolute atomic E-state index is 13.2. The first-order valence-electron chi connectivity index (χ1n) is 6.73.